The van der Waals surface area contributed by atoms with Crippen molar-refractivity contribution in [1.82, 2.24) is 4.98 Å². The van der Waals surface area contributed by atoms with Crippen LogP contribution in [0.4, 0.5) is 11.4 Å². The zero-order valence-corrected chi connectivity index (χ0v) is 16.7. The van der Waals surface area contributed by atoms with Crippen molar-refractivity contribution < 1.29 is 14.4 Å². The molecule has 1 aromatic heterocycles. The van der Waals surface area contributed by atoms with Gasteiger partial charge in [-0.1, -0.05) is 30.1 Å². The van der Waals surface area contributed by atoms with E-state index in [1.54, 1.807) is 37.3 Å². The lowest BCUT2D eigenvalue weighted by atomic mass is 10.0. The molecule has 3 N–H and O–H groups in total. The fourth-order valence-corrected chi connectivity index (χ4v) is 3.18. The van der Waals surface area contributed by atoms with Gasteiger partial charge in [-0.05, 0) is 36.4 Å². The summed E-state index contributed by atoms with van der Waals surface area (Å²) in [4.78, 5) is 39.9. The number of amides is 2. The summed E-state index contributed by atoms with van der Waals surface area (Å²) < 4.78 is 0. The van der Waals surface area contributed by atoms with Gasteiger partial charge in [-0.25, -0.2) is 0 Å². The number of H-pyrrole nitrogens is 1. The molecule has 6 nitrogen and oxygen atoms in total. The van der Waals surface area contributed by atoms with Crippen molar-refractivity contribution in [3.05, 3.63) is 57.7 Å². The first-order valence-electron chi connectivity index (χ1n) is 8.53. The Morgan fingerprint density at radius 3 is 2.36 bits per heavy atom. The van der Waals surface area contributed by atoms with Gasteiger partial charge in [-0.2, -0.15) is 0 Å². The molecule has 0 bridgehead atoms. The Morgan fingerprint density at radius 2 is 1.68 bits per heavy atom. The van der Waals surface area contributed by atoms with E-state index in [-0.39, 0.29) is 29.5 Å². The molecule has 0 unspecified atom stereocenters. The number of carbonyl (C=O) groups is 3. The van der Waals surface area contributed by atoms with E-state index in [9.17, 15) is 14.4 Å². The summed E-state index contributed by atoms with van der Waals surface area (Å²) in [6.45, 7) is 3.06. The summed E-state index contributed by atoms with van der Waals surface area (Å²) >= 11 is 12.1. The van der Waals surface area contributed by atoms with Crippen molar-refractivity contribution in [2.45, 2.75) is 20.3 Å². The highest BCUT2D eigenvalue weighted by Gasteiger charge is 2.23. The average molecular weight is 418 g/mol. The topological polar surface area (TPSA) is 91.1 Å². The zero-order chi connectivity index (χ0) is 20.4. The van der Waals surface area contributed by atoms with Crippen LogP contribution < -0.4 is 10.6 Å². The van der Waals surface area contributed by atoms with Crippen molar-refractivity contribution in [3.8, 4) is 0 Å². The van der Waals surface area contributed by atoms with E-state index < -0.39 is 5.78 Å². The second-order valence-electron chi connectivity index (χ2n) is 6.17. The maximum atomic E-state index is 13.3. The minimum Gasteiger partial charge on any atom is -0.350 e. The molecule has 2 amide bonds. The first-order chi connectivity index (χ1) is 13.3. The Kier molecular flexibility index (Phi) is 5.72. The number of ketones is 1. The predicted molar refractivity (Wildman–Crippen MR) is 111 cm³/mol. The van der Waals surface area contributed by atoms with Crippen LogP contribution in [0, 0.1) is 0 Å². The Balaban J connectivity index is 2.19. The van der Waals surface area contributed by atoms with Crippen LogP contribution in [0.15, 0.2) is 36.4 Å². The standard InChI is InChI=1S/C20H17Cl2N3O3/c1-3-17(27)25-18-13-6-4-12(22)9-16(13)24-19(18)20(28)14-8-11(21)5-7-15(14)23-10(2)26/h4-9,24H,3H2,1-2H3,(H,23,26)(H,25,27). The number of fused-ring (bicyclic) bond motifs is 1. The van der Waals surface area contributed by atoms with Crippen molar-refractivity contribution in [2.24, 2.45) is 0 Å². The Morgan fingerprint density at radius 1 is 1.00 bits per heavy atom. The van der Waals surface area contributed by atoms with E-state index >= 15 is 0 Å². The normalized spacial score (nSPS) is 10.7. The van der Waals surface area contributed by atoms with Gasteiger partial charge < -0.3 is 15.6 Å². The Bertz CT molecular complexity index is 1110. The second kappa shape index (κ2) is 8.04. The summed E-state index contributed by atoms with van der Waals surface area (Å²) in [7, 11) is 0. The van der Waals surface area contributed by atoms with Gasteiger partial charge in [0, 0.05) is 39.9 Å². The lowest BCUT2D eigenvalue weighted by Crippen LogP contribution is -2.15. The van der Waals surface area contributed by atoms with Gasteiger partial charge in [0.1, 0.15) is 5.69 Å². The molecule has 0 aliphatic carbocycles. The summed E-state index contributed by atoms with van der Waals surface area (Å²) in [5.41, 5.74) is 1.66. The molecule has 0 aliphatic heterocycles. The Labute approximate surface area is 171 Å². The molecular weight excluding hydrogens is 401 g/mol. The van der Waals surface area contributed by atoms with E-state index in [4.69, 9.17) is 23.2 Å². The molecule has 0 fully saturated rings. The largest absolute Gasteiger partial charge is 0.350 e. The number of hydrogen-bond donors (Lipinski definition) is 3. The maximum absolute atomic E-state index is 13.3. The fraction of sp³-hybridized carbons (Fsp3) is 0.150. The van der Waals surface area contributed by atoms with Crippen LogP contribution in [-0.4, -0.2) is 22.6 Å². The van der Waals surface area contributed by atoms with E-state index in [2.05, 4.69) is 15.6 Å². The zero-order valence-electron chi connectivity index (χ0n) is 15.2. The van der Waals surface area contributed by atoms with Gasteiger partial charge in [0.05, 0.1) is 11.4 Å². The number of carbonyl (C=O) groups excluding carboxylic acids is 3. The lowest BCUT2D eigenvalue weighted by molar-refractivity contribution is -0.116. The van der Waals surface area contributed by atoms with Gasteiger partial charge in [0.2, 0.25) is 17.6 Å². The van der Waals surface area contributed by atoms with Crippen LogP contribution in [0.5, 0.6) is 0 Å². The van der Waals surface area contributed by atoms with Crippen molar-refractivity contribution >= 4 is 63.1 Å². The molecule has 0 saturated heterocycles. The third-order valence-electron chi connectivity index (χ3n) is 4.11. The van der Waals surface area contributed by atoms with Gasteiger partial charge in [0.25, 0.3) is 0 Å². The van der Waals surface area contributed by atoms with Crippen molar-refractivity contribution in [1.29, 1.82) is 0 Å². The summed E-state index contributed by atoms with van der Waals surface area (Å²) in [6.07, 6.45) is 0.252. The van der Waals surface area contributed by atoms with Crippen LogP contribution in [0.1, 0.15) is 36.3 Å². The highest BCUT2D eigenvalue weighted by Crippen LogP contribution is 2.33. The van der Waals surface area contributed by atoms with Gasteiger partial charge in [-0.15, -0.1) is 0 Å². The van der Waals surface area contributed by atoms with E-state index in [0.717, 1.165) is 0 Å². The molecule has 3 rings (SSSR count). The summed E-state index contributed by atoms with van der Waals surface area (Å²) in [5, 5.41) is 6.88. The molecule has 1 heterocycles. The first kappa shape index (κ1) is 19.9. The maximum Gasteiger partial charge on any atom is 0.224 e. The molecule has 0 atom stereocenters. The number of aromatic amines is 1. The Hall–Kier alpha value is -2.83. The van der Waals surface area contributed by atoms with Crippen LogP contribution in [0.2, 0.25) is 10.0 Å². The number of halogens is 2. The molecule has 0 saturated carbocycles. The molecule has 0 radical (unpaired) electrons. The van der Waals surface area contributed by atoms with E-state index in [0.29, 0.717) is 32.3 Å². The highest BCUT2D eigenvalue weighted by molar-refractivity contribution is 6.32. The molecular formula is C20H17Cl2N3O3. The molecule has 144 valence electrons. The summed E-state index contributed by atoms with van der Waals surface area (Å²) in [5.74, 6) is -0.984. The number of hydrogen-bond acceptors (Lipinski definition) is 3. The molecule has 0 spiro atoms. The van der Waals surface area contributed by atoms with E-state index in [1.807, 2.05) is 0 Å². The van der Waals surface area contributed by atoms with Gasteiger partial charge in [-0.3, -0.25) is 14.4 Å². The molecule has 8 heteroatoms. The molecule has 28 heavy (non-hydrogen) atoms. The third-order valence-corrected chi connectivity index (χ3v) is 4.58. The number of rotatable bonds is 5. The molecule has 0 aliphatic rings. The number of aromatic nitrogens is 1. The fourth-order valence-electron chi connectivity index (χ4n) is 2.84. The minimum atomic E-state index is -0.426. The SMILES string of the molecule is CCC(=O)Nc1c(C(=O)c2cc(Cl)ccc2NC(C)=O)[nH]c2cc(Cl)ccc12. The number of anilines is 2. The molecule has 3 aromatic rings. The van der Waals surface area contributed by atoms with Gasteiger partial charge in [0.15, 0.2) is 0 Å². The molecule has 2 aromatic carbocycles. The summed E-state index contributed by atoms with van der Waals surface area (Å²) in [6, 6.07) is 9.68. The second-order valence-corrected chi connectivity index (χ2v) is 7.04. The van der Waals surface area contributed by atoms with Gasteiger partial charge >= 0.3 is 0 Å². The lowest BCUT2D eigenvalue weighted by Gasteiger charge is -2.11. The third kappa shape index (κ3) is 4.03. The van der Waals surface area contributed by atoms with Crippen molar-refractivity contribution in [3.63, 3.8) is 0 Å². The number of nitrogens with one attached hydrogen (secondary N) is 3. The van der Waals surface area contributed by atoms with E-state index in [1.165, 1.54) is 13.0 Å². The quantitative estimate of drug-likeness (QED) is 0.509. The average Bonchev–Trinajstić information content (AvgIpc) is 2.99. The van der Waals surface area contributed by atoms with Crippen LogP contribution in [0.3, 0.4) is 0 Å². The number of benzene rings is 2. The van der Waals surface area contributed by atoms with Crippen LogP contribution in [-0.2, 0) is 9.59 Å². The van der Waals surface area contributed by atoms with Crippen LogP contribution >= 0.6 is 23.2 Å². The van der Waals surface area contributed by atoms with Crippen molar-refractivity contribution in [2.75, 3.05) is 10.6 Å². The monoisotopic (exact) mass is 417 g/mol. The predicted octanol–water partition coefficient (Wildman–Crippen LogP) is 5.01. The smallest absolute Gasteiger partial charge is 0.224 e. The van der Waals surface area contributed by atoms with Crippen LogP contribution in [0.25, 0.3) is 10.9 Å². The first-order valence-corrected chi connectivity index (χ1v) is 9.28. The minimum absolute atomic E-state index is 0.174. The highest BCUT2D eigenvalue weighted by atomic mass is 35.5.